The number of aliphatic hydroxyl groups excluding tert-OH is 2. The number of fused-ring (bicyclic) bond motifs is 5. The molecule has 0 unspecified atom stereocenters. The normalized spacial score (nSPS) is 47.1. The summed E-state index contributed by atoms with van der Waals surface area (Å²) >= 11 is 0. The largest absolute Gasteiger partial charge is 0.469 e. The second kappa shape index (κ2) is 6.84. The number of Topliss-reactive ketones (excluding diaryl/α,β-unsaturated/α-hetero) is 1. The van der Waals surface area contributed by atoms with Gasteiger partial charge in [-0.25, -0.2) is 0 Å². The maximum absolute atomic E-state index is 12.7. The highest BCUT2D eigenvalue weighted by Gasteiger charge is 2.69. The van der Waals surface area contributed by atoms with Crippen LogP contribution in [-0.4, -0.2) is 58.3 Å². The Morgan fingerprint density at radius 1 is 1.30 bits per heavy atom. The Balaban J connectivity index is 1.82. The lowest BCUT2D eigenvalue weighted by Crippen LogP contribution is -2.62. The van der Waals surface area contributed by atoms with E-state index in [9.17, 15) is 29.7 Å². The highest BCUT2D eigenvalue weighted by atomic mass is 16.5. The number of carbonyl (C=O) groups excluding carboxylic acids is 3. The Bertz CT molecular complexity index is 860. The Hall–Kier alpha value is -1.83. The number of ether oxygens (including phenoxy) is 1. The smallest absolute Gasteiger partial charge is 0.312 e. The van der Waals surface area contributed by atoms with Gasteiger partial charge in [0.2, 0.25) is 0 Å². The number of allylic oxidation sites excluding steroid dienone is 3. The van der Waals surface area contributed by atoms with Crippen LogP contribution in [0, 0.1) is 34.5 Å². The van der Waals surface area contributed by atoms with E-state index in [1.165, 1.54) is 19.3 Å². The Labute approximate surface area is 175 Å². The number of rotatable bonds is 3. The van der Waals surface area contributed by atoms with Gasteiger partial charge in [0.1, 0.15) is 12.2 Å². The van der Waals surface area contributed by atoms with Crippen LogP contribution < -0.4 is 0 Å². The highest BCUT2D eigenvalue weighted by molar-refractivity contribution is 6.02. The van der Waals surface area contributed by atoms with E-state index in [0.717, 1.165) is 0 Å². The van der Waals surface area contributed by atoms with E-state index in [-0.39, 0.29) is 36.4 Å². The molecule has 0 aromatic carbocycles. The third-order valence-electron chi connectivity index (χ3n) is 8.79. The number of aliphatic hydroxyl groups is 3. The van der Waals surface area contributed by atoms with Crippen LogP contribution in [0.15, 0.2) is 23.8 Å². The molecule has 4 aliphatic rings. The molecular weight excluding hydrogens is 388 g/mol. The van der Waals surface area contributed by atoms with Crippen molar-refractivity contribution in [1.29, 1.82) is 0 Å². The molecule has 0 aromatic heterocycles. The summed E-state index contributed by atoms with van der Waals surface area (Å²) in [4.78, 5) is 37.3. The van der Waals surface area contributed by atoms with Gasteiger partial charge in [-0.15, -0.1) is 0 Å². The zero-order valence-corrected chi connectivity index (χ0v) is 17.6. The topological polar surface area (TPSA) is 121 Å². The van der Waals surface area contributed by atoms with Gasteiger partial charge < -0.3 is 20.1 Å². The molecule has 0 heterocycles. The Morgan fingerprint density at radius 3 is 2.63 bits per heavy atom. The number of ketones is 2. The third kappa shape index (κ3) is 2.58. The molecule has 0 bridgehead atoms. The predicted molar refractivity (Wildman–Crippen MR) is 106 cm³/mol. The van der Waals surface area contributed by atoms with Crippen molar-refractivity contribution in [2.24, 2.45) is 34.5 Å². The summed E-state index contributed by atoms with van der Waals surface area (Å²) < 4.78 is 5.04. The van der Waals surface area contributed by atoms with Crippen molar-refractivity contribution in [3.8, 4) is 0 Å². The van der Waals surface area contributed by atoms with Gasteiger partial charge >= 0.3 is 5.97 Å². The highest BCUT2D eigenvalue weighted by Crippen LogP contribution is 2.67. The zero-order chi connectivity index (χ0) is 22.1. The lowest BCUT2D eigenvalue weighted by molar-refractivity contribution is -0.183. The van der Waals surface area contributed by atoms with Gasteiger partial charge in [0.15, 0.2) is 11.6 Å². The first-order valence-corrected chi connectivity index (χ1v) is 10.6. The lowest BCUT2D eigenvalue weighted by atomic mass is 9.44. The molecule has 7 nitrogen and oxygen atoms in total. The zero-order valence-electron chi connectivity index (χ0n) is 17.6. The molecule has 0 radical (unpaired) electrons. The van der Waals surface area contributed by atoms with Crippen molar-refractivity contribution in [3.63, 3.8) is 0 Å². The van der Waals surface area contributed by atoms with Gasteiger partial charge in [0.05, 0.1) is 19.1 Å². The lowest BCUT2D eigenvalue weighted by Gasteiger charge is -2.60. The fraction of sp³-hybridized carbons (Fsp3) is 0.696. The van der Waals surface area contributed by atoms with Gasteiger partial charge in [0, 0.05) is 16.7 Å². The van der Waals surface area contributed by atoms with Crippen LogP contribution in [0.2, 0.25) is 0 Å². The van der Waals surface area contributed by atoms with Gasteiger partial charge in [-0.1, -0.05) is 19.9 Å². The average Bonchev–Trinajstić information content (AvgIpc) is 2.98. The van der Waals surface area contributed by atoms with Gasteiger partial charge in [-0.2, -0.15) is 0 Å². The molecule has 0 aliphatic heterocycles. The molecule has 8 atom stereocenters. The molecule has 3 N–H and O–H groups in total. The van der Waals surface area contributed by atoms with Gasteiger partial charge in [-0.3, -0.25) is 14.4 Å². The maximum atomic E-state index is 12.7. The molecule has 0 amide bonds. The van der Waals surface area contributed by atoms with Crippen LogP contribution in [0.5, 0.6) is 0 Å². The summed E-state index contributed by atoms with van der Waals surface area (Å²) in [6.45, 7) is 3.02. The van der Waals surface area contributed by atoms with Gasteiger partial charge in [-0.05, 0) is 55.2 Å². The monoisotopic (exact) mass is 418 g/mol. The number of carbonyl (C=O) groups is 3. The van der Waals surface area contributed by atoms with Crippen molar-refractivity contribution in [2.45, 2.75) is 51.2 Å². The minimum atomic E-state index is -1.70. The second-order valence-electron chi connectivity index (χ2n) is 9.89. The van der Waals surface area contributed by atoms with Crippen molar-refractivity contribution < 1.29 is 34.4 Å². The number of esters is 1. The summed E-state index contributed by atoms with van der Waals surface area (Å²) in [6.07, 6.45) is 5.34. The fourth-order valence-corrected chi connectivity index (χ4v) is 7.38. The van der Waals surface area contributed by atoms with E-state index >= 15 is 0 Å². The summed E-state index contributed by atoms with van der Waals surface area (Å²) in [5.41, 5.74) is -2.63. The number of methoxy groups -OCH3 is 1. The quantitative estimate of drug-likeness (QED) is 0.584. The molecule has 4 aliphatic carbocycles. The maximum Gasteiger partial charge on any atom is 0.312 e. The second-order valence-corrected chi connectivity index (χ2v) is 9.89. The van der Waals surface area contributed by atoms with Crippen LogP contribution in [-0.2, 0) is 19.1 Å². The third-order valence-corrected chi connectivity index (χ3v) is 8.79. The molecule has 4 rings (SSSR count). The molecular formula is C23H30O7. The van der Waals surface area contributed by atoms with E-state index < -0.39 is 46.8 Å². The van der Waals surface area contributed by atoms with Crippen molar-refractivity contribution in [1.82, 2.24) is 0 Å². The van der Waals surface area contributed by atoms with Crippen LogP contribution in [0.3, 0.4) is 0 Å². The van der Waals surface area contributed by atoms with E-state index in [4.69, 9.17) is 4.74 Å². The molecule has 3 fully saturated rings. The predicted octanol–water partition coefficient (Wildman–Crippen LogP) is 0.957. The molecule has 0 spiro atoms. The summed E-state index contributed by atoms with van der Waals surface area (Å²) in [5, 5.41) is 32.0. The molecule has 0 aromatic rings. The number of hydrogen-bond acceptors (Lipinski definition) is 7. The van der Waals surface area contributed by atoms with Crippen LogP contribution in [0.25, 0.3) is 0 Å². The van der Waals surface area contributed by atoms with Crippen LogP contribution in [0.4, 0.5) is 0 Å². The van der Waals surface area contributed by atoms with E-state index in [2.05, 4.69) is 0 Å². The first kappa shape index (κ1) is 21.4. The number of hydrogen-bond donors (Lipinski definition) is 3. The van der Waals surface area contributed by atoms with Crippen molar-refractivity contribution in [2.75, 3.05) is 13.7 Å². The van der Waals surface area contributed by atoms with E-state index in [0.29, 0.717) is 18.4 Å². The Morgan fingerprint density at radius 2 is 2.00 bits per heavy atom. The van der Waals surface area contributed by atoms with Crippen molar-refractivity contribution >= 4 is 17.5 Å². The van der Waals surface area contributed by atoms with E-state index in [1.807, 2.05) is 13.8 Å². The summed E-state index contributed by atoms with van der Waals surface area (Å²) in [7, 11) is 1.32. The molecule has 0 saturated heterocycles. The molecule has 164 valence electrons. The molecule has 3 saturated carbocycles. The molecule has 30 heavy (non-hydrogen) atoms. The minimum absolute atomic E-state index is 0.108. The summed E-state index contributed by atoms with van der Waals surface area (Å²) in [5.74, 6) is -2.35. The van der Waals surface area contributed by atoms with Crippen molar-refractivity contribution in [3.05, 3.63) is 23.8 Å². The van der Waals surface area contributed by atoms with Crippen LogP contribution in [0.1, 0.15) is 39.5 Å². The first-order chi connectivity index (χ1) is 14.0. The SMILES string of the molecule is COC(=O)[C@H]1C[C@@H]2[C@H]([C@@H](O)C[C@@]3(C)[C@H]2CC[C@]3(O)C(=O)CO)[C@@]2(C)C=CC(=O)C=C12. The Kier molecular flexibility index (Phi) is 4.88. The standard InChI is InChI=1S/C23H30O7/c1-21-6-4-12(25)8-16(21)14(20(28)30-3)9-13-15-5-7-23(29,18(27)11-24)22(15,2)10-17(26)19(13)21/h4,6,8,13-15,17,19,24,26,29H,5,7,9-11H2,1-3H3/t13-,14-,15-,17-,19+,21-,22-,23-/m0/s1. The summed E-state index contributed by atoms with van der Waals surface area (Å²) in [6, 6.07) is 0. The fourth-order valence-electron chi connectivity index (χ4n) is 7.38. The minimum Gasteiger partial charge on any atom is -0.469 e. The van der Waals surface area contributed by atoms with Gasteiger partial charge in [0.25, 0.3) is 0 Å². The average molecular weight is 418 g/mol. The first-order valence-electron chi connectivity index (χ1n) is 10.6. The molecule has 7 heteroatoms. The van der Waals surface area contributed by atoms with E-state index in [1.54, 1.807) is 6.08 Å². The van der Waals surface area contributed by atoms with Crippen LogP contribution >= 0.6 is 0 Å².